The fraction of sp³-hybridized carbons (Fsp3) is 0.409. The molecule has 14 heteroatoms. The number of carbonyl (C=O) groups is 1. The van der Waals surface area contributed by atoms with Gasteiger partial charge in [-0.15, -0.1) is 13.2 Å². The lowest BCUT2D eigenvalue weighted by Gasteiger charge is -2.29. The van der Waals surface area contributed by atoms with Crippen molar-refractivity contribution in [3.05, 3.63) is 48.5 Å². The minimum absolute atomic E-state index is 0.0246. The number of amides is 1. The number of carbonyl (C=O) groups excluding carboxylic acids is 1. The molecule has 1 fully saturated rings. The summed E-state index contributed by atoms with van der Waals surface area (Å²) in [6.45, 7) is 0. The Bertz CT molecular complexity index is 1230. The molecule has 1 aliphatic heterocycles. The third-order valence-corrected chi connectivity index (χ3v) is 9.18. The molecular weight excluding hydrogens is 527 g/mol. The summed E-state index contributed by atoms with van der Waals surface area (Å²) in [4.78, 5) is 11.0. The zero-order chi connectivity index (χ0) is 26.6. The van der Waals surface area contributed by atoms with Gasteiger partial charge in [0.25, 0.3) is 0 Å². The van der Waals surface area contributed by atoms with E-state index in [4.69, 9.17) is 4.74 Å². The van der Waals surface area contributed by atoms with Gasteiger partial charge in [0.1, 0.15) is 27.1 Å². The predicted molar refractivity (Wildman–Crippen MR) is 121 cm³/mol. The number of rotatable bonds is 10. The molecule has 0 spiro atoms. The number of ether oxygens (including phenoxy) is 2. The lowest BCUT2D eigenvalue weighted by Crippen LogP contribution is -2.40. The number of alkyl halides is 3. The smallest absolute Gasteiger partial charge is 0.457 e. The molecule has 1 saturated heterocycles. The standard InChI is InChI=1S/C22H24F3NO8S2/c23-22(24,25)34-20-3-1-18(2-4-20)33-19-5-7-21(8-6-19)36(31,32)14-17(26(28)15-27)13-16-9-11-35(29,30)12-10-16/h1-8,15-17,28H,9-14H2. The average Bonchev–Trinajstić information content (AvgIpc) is 2.80. The van der Waals surface area contributed by atoms with Gasteiger partial charge in [-0.1, -0.05) is 0 Å². The maximum Gasteiger partial charge on any atom is 0.573 e. The van der Waals surface area contributed by atoms with E-state index in [2.05, 4.69) is 4.74 Å². The first-order chi connectivity index (χ1) is 16.8. The second-order valence-corrected chi connectivity index (χ2v) is 12.7. The van der Waals surface area contributed by atoms with Gasteiger partial charge in [0.2, 0.25) is 6.41 Å². The van der Waals surface area contributed by atoms with Crippen molar-refractivity contribution >= 4 is 26.1 Å². The van der Waals surface area contributed by atoms with Gasteiger partial charge in [-0.05, 0) is 73.7 Å². The lowest BCUT2D eigenvalue weighted by molar-refractivity contribution is -0.274. The quantitative estimate of drug-likeness (QED) is 0.270. The van der Waals surface area contributed by atoms with Crippen LogP contribution in [0.25, 0.3) is 0 Å². The zero-order valence-corrected chi connectivity index (χ0v) is 20.4. The highest BCUT2D eigenvalue weighted by molar-refractivity contribution is 7.91. The number of hydrogen-bond donors (Lipinski definition) is 1. The summed E-state index contributed by atoms with van der Waals surface area (Å²) in [5, 5.41) is 10.2. The van der Waals surface area contributed by atoms with E-state index >= 15 is 0 Å². The van der Waals surface area contributed by atoms with Gasteiger partial charge >= 0.3 is 6.36 Å². The van der Waals surface area contributed by atoms with Crippen molar-refractivity contribution in [2.24, 2.45) is 5.92 Å². The Morgan fingerprint density at radius 1 is 1.00 bits per heavy atom. The van der Waals surface area contributed by atoms with Gasteiger partial charge in [-0.2, -0.15) is 0 Å². The summed E-state index contributed by atoms with van der Waals surface area (Å²) in [6.07, 6.45) is -3.94. The molecule has 36 heavy (non-hydrogen) atoms. The molecule has 1 atom stereocenters. The van der Waals surface area contributed by atoms with E-state index < -0.39 is 43.6 Å². The molecule has 1 unspecified atom stereocenters. The maximum atomic E-state index is 12.9. The molecule has 0 saturated carbocycles. The van der Waals surface area contributed by atoms with E-state index in [1.807, 2.05) is 0 Å². The van der Waals surface area contributed by atoms with Crippen LogP contribution >= 0.6 is 0 Å². The molecule has 0 aromatic heterocycles. The van der Waals surface area contributed by atoms with Crippen LogP contribution in [0.2, 0.25) is 0 Å². The van der Waals surface area contributed by atoms with Crippen molar-refractivity contribution in [3.63, 3.8) is 0 Å². The van der Waals surface area contributed by atoms with Crippen LogP contribution in [0.4, 0.5) is 13.2 Å². The summed E-state index contributed by atoms with van der Waals surface area (Å²) in [7, 11) is -7.08. The molecule has 1 N–H and O–H groups in total. The Morgan fingerprint density at radius 3 is 2.00 bits per heavy atom. The highest BCUT2D eigenvalue weighted by atomic mass is 32.2. The fourth-order valence-corrected chi connectivity index (χ4v) is 6.94. The Morgan fingerprint density at radius 2 is 1.50 bits per heavy atom. The first-order valence-corrected chi connectivity index (χ1v) is 14.2. The second kappa shape index (κ2) is 11.0. The van der Waals surface area contributed by atoms with Gasteiger partial charge in [-0.25, -0.2) is 21.9 Å². The van der Waals surface area contributed by atoms with E-state index in [0.29, 0.717) is 17.9 Å². The Labute approximate surface area is 206 Å². The van der Waals surface area contributed by atoms with Gasteiger partial charge in [-0.3, -0.25) is 10.0 Å². The average molecular weight is 552 g/mol. The van der Waals surface area contributed by atoms with Crippen molar-refractivity contribution in [3.8, 4) is 17.2 Å². The number of benzene rings is 2. The van der Waals surface area contributed by atoms with Gasteiger partial charge < -0.3 is 9.47 Å². The molecule has 1 amide bonds. The van der Waals surface area contributed by atoms with E-state index in [9.17, 15) is 40.0 Å². The van der Waals surface area contributed by atoms with E-state index in [1.54, 1.807) is 0 Å². The number of nitrogens with zero attached hydrogens (tertiary/aromatic N) is 1. The molecule has 1 heterocycles. The highest BCUT2D eigenvalue weighted by Crippen LogP contribution is 2.29. The highest BCUT2D eigenvalue weighted by Gasteiger charge is 2.32. The minimum Gasteiger partial charge on any atom is -0.457 e. The van der Waals surface area contributed by atoms with Gasteiger partial charge in [0, 0.05) is 0 Å². The van der Waals surface area contributed by atoms with Gasteiger partial charge in [0.05, 0.1) is 28.2 Å². The summed E-state index contributed by atoms with van der Waals surface area (Å²) in [5.41, 5.74) is 0. The summed E-state index contributed by atoms with van der Waals surface area (Å²) in [6, 6.07) is 8.80. The number of hydroxylamine groups is 2. The molecule has 0 aliphatic carbocycles. The van der Waals surface area contributed by atoms with E-state index in [1.165, 1.54) is 36.4 Å². The molecule has 0 radical (unpaired) electrons. The third kappa shape index (κ3) is 8.10. The van der Waals surface area contributed by atoms with Crippen LogP contribution in [0.1, 0.15) is 19.3 Å². The monoisotopic (exact) mass is 551 g/mol. The first-order valence-electron chi connectivity index (χ1n) is 10.8. The molecule has 9 nitrogen and oxygen atoms in total. The molecular formula is C22H24F3NO8S2. The van der Waals surface area contributed by atoms with Crippen molar-refractivity contribution in [1.82, 2.24) is 5.06 Å². The minimum atomic E-state index is -4.82. The Kier molecular flexibility index (Phi) is 8.52. The van der Waals surface area contributed by atoms with Crippen LogP contribution < -0.4 is 9.47 Å². The van der Waals surface area contributed by atoms with Crippen LogP contribution in [0.5, 0.6) is 17.2 Å². The maximum absolute atomic E-state index is 12.9. The lowest BCUT2D eigenvalue weighted by atomic mass is 9.95. The number of halogens is 3. The fourth-order valence-electron chi connectivity index (χ4n) is 3.81. The van der Waals surface area contributed by atoms with Crippen LogP contribution in [0.3, 0.4) is 0 Å². The van der Waals surface area contributed by atoms with Crippen LogP contribution in [0, 0.1) is 5.92 Å². The largest absolute Gasteiger partial charge is 0.573 e. The van der Waals surface area contributed by atoms with Crippen molar-refractivity contribution in [2.45, 2.75) is 36.6 Å². The summed E-state index contributed by atoms with van der Waals surface area (Å²) in [5.74, 6) is -0.800. The first kappa shape index (κ1) is 27.7. The normalized spacial score (nSPS) is 17.2. The molecule has 2 aromatic carbocycles. The zero-order valence-electron chi connectivity index (χ0n) is 18.8. The van der Waals surface area contributed by atoms with E-state index in [-0.39, 0.29) is 46.6 Å². The Balaban J connectivity index is 1.65. The third-order valence-electron chi connectivity index (χ3n) is 5.65. The number of sulfone groups is 2. The van der Waals surface area contributed by atoms with Crippen molar-refractivity contribution in [1.29, 1.82) is 0 Å². The summed E-state index contributed by atoms with van der Waals surface area (Å²) < 4.78 is 95.2. The second-order valence-electron chi connectivity index (χ2n) is 8.34. The van der Waals surface area contributed by atoms with Crippen LogP contribution in [-0.4, -0.2) is 63.2 Å². The topological polar surface area (TPSA) is 127 Å². The van der Waals surface area contributed by atoms with Gasteiger partial charge in [0.15, 0.2) is 9.84 Å². The molecule has 1 aliphatic rings. The molecule has 0 bridgehead atoms. The molecule has 198 valence electrons. The summed E-state index contributed by atoms with van der Waals surface area (Å²) >= 11 is 0. The van der Waals surface area contributed by atoms with Crippen molar-refractivity contribution < 1.29 is 49.5 Å². The van der Waals surface area contributed by atoms with Crippen molar-refractivity contribution in [2.75, 3.05) is 17.3 Å². The molecule has 3 rings (SSSR count). The SMILES string of the molecule is O=CN(O)C(CC1CCS(=O)(=O)CC1)CS(=O)(=O)c1ccc(Oc2ccc(OC(F)(F)F)cc2)cc1. The number of hydrogen-bond acceptors (Lipinski definition) is 8. The predicted octanol–water partition coefficient (Wildman–Crippen LogP) is 3.58. The molecule has 2 aromatic rings. The van der Waals surface area contributed by atoms with Crippen LogP contribution in [-0.2, 0) is 24.5 Å². The van der Waals surface area contributed by atoms with E-state index in [0.717, 1.165) is 12.1 Å². The Hall–Kier alpha value is -2.84. The van der Waals surface area contributed by atoms with Crippen LogP contribution in [0.15, 0.2) is 53.4 Å².